The number of nitrogens with one attached hydrogen (secondary N) is 1. The molecule has 1 fully saturated rings. The van der Waals surface area contributed by atoms with Crippen LogP contribution in [0.5, 0.6) is 0 Å². The van der Waals surface area contributed by atoms with Crippen molar-refractivity contribution < 1.29 is 4.84 Å². The van der Waals surface area contributed by atoms with E-state index in [2.05, 4.69) is 10.3 Å². The number of rotatable bonds is 1. The van der Waals surface area contributed by atoms with Gasteiger partial charge in [0, 0.05) is 0 Å². The van der Waals surface area contributed by atoms with Gasteiger partial charge in [-0.05, 0) is 12.0 Å². The van der Waals surface area contributed by atoms with E-state index in [4.69, 9.17) is 11.4 Å². The SMILES string of the molecule is [C-]#[N+]c1ccc([C@@H]2CCON2)cc1. The van der Waals surface area contributed by atoms with E-state index in [1.807, 2.05) is 24.3 Å². The van der Waals surface area contributed by atoms with Crippen molar-refractivity contribution >= 4 is 5.69 Å². The van der Waals surface area contributed by atoms with E-state index in [9.17, 15) is 0 Å². The monoisotopic (exact) mass is 174 g/mol. The van der Waals surface area contributed by atoms with Gasteiger partial charge in [-0.2, -0.15) is 5.48 Å². The van der Waals surface area contributed by atoms with Gasteiger partial charge in [-0.15, -0.1) is 0 Å². The molecule has 0 spiro atoms. The molecule has 1 aliphatic heterocycles. The van der Waals surface area contributed by atoms with Gasteiger partial charge >= 0.3 is 0 Å². The summed E-state index contributed by atoms with van der Waals surface area (Å²) in [5, 5.41) is 0. The molecule has 0 aliphatic carbocycles. The minimum atomic E-state index is 0.291. The molecule has 1 aromatic rings. The highest BCUT2D eigenvalue weighted by Gasteiger charge is 2.16. The van der Waals surface area contributed by atoms with Gasteiger partial charge in [-0.1, -0.05) is 24.3 Å². The van der Waals surface area contributed by atoms with Crippen molar-refractivity contribution in [3.63, 3.8) is 0 Å². The fourth-order valence-corrected chi connectivity index (χ4v) is 1.41. The number of hydrogen-bond acceptors (Lipinski definition) is 2. The molecule has 1 atom stereocenters. The Morgan fingerprint density at radius 1 is 1.38 bits per heavy atom. The first kappa shape index (κ1) is 8.24. The van der Waals surface area contributed by atoms with Crippen LogP contribution in [0.15, 0.2) is 24.3 Å². The summed E-state index contributed by atoms with van der Waals surface area (Å²) in [6, 6.07) is 7.91. The average Bonchev–Trinajstić information content (AvgIpc) is 2.71. The summed E-state index contributed by atoms with van der Waals surface area (Å²) in [6.07, 6.45) is 0.997. The van der Waals surface area contributed by atoms with Gasteiger partial charge in [0.25, 0.3) is 0 Å². The highest BCUT2D eigenvalue weighted by atomic mass is 16.7. The van der Waals surface area contributed by atoms with Crippen molar-refractivity contribution in [3.05, 3.63) is 41.2 Å². The second kappa shape index (κ2) is 3.56. The van der Waals surface area contributed by atoms with Crippen LogP contribution in [0, 0.1) is 6.57 Å². The molecular formula is C10H10N2O. The Morgan fingerprint density at radius 2 is 2.15 bits per heavy atom. The van der Waals surface area contributed by atoms with Crippen LogP contribution < -0.4 is 5.48 Å². The van der Waals surface area contributed by atoms with Crippen LogP contribution in [0.4, 0.5) is 5.69 Å². The van der Waals surface area contributed by atoms with Gasteiger partial charge in [-0.25, -0.2) is 4.85 Å². The second-order valence-electron chi connectivity index (χ2n) is 3.01. The fraction of sp³-hybridized carbons (Fsp3) is 0.300. The molecule has 1 aliphatic rings. The minimum Gasteiger partial charge on any atom is -0.301 e. The maximum absolute atomic E-state index is 6.81. The van der Waals surface area contributed by atoms with E-state index >= 15 is 0 Å². The van der Waals surface area contributed by atoms with Crippen molar-refractivity contribution in [2.24, 2.45) is 0 Å². The Balaban J connectivity index is 2.18. The summed E-state index contributed by atoms with van der Waals surface area (Å²) >= 11 is 0. The zero-order chi connectivity index (χ0) is 9.10. The Labute approximate surface area is 77.1 Å². The lowest BCUT2D eigenvalue weighted by Crippen LogP contribution is -2.10. The molecule has 3 heteroatoms. The summed E-state index contributed by atoms with van der Waals surface area (Å²) in [7, 11) is 0. The average molecular weight is 174 g/mol. The lowest BCUT2D eigenvalue weighted by Gasteiger charge is -2.07. The Hall–Kier alpha value is -1.37. The van der Waals surface area contributed by atoms with Gasteiger partial charge in [0.15, 0.2) is 5.69 Å². The quantitative estimate of drug-likeness (QED) is 0.660. The number of hydroxylamine groups is 1. The van der Waals surface area contributed by atoms with Crippen molar-refractivity contribution in [2.45, 2.75) is 12.5 Å². The van der Waals surface area contributed by atoms with Crippen LogP contribution in [-0.2, 0) is 4.84 Å². The molecule has 0 bridgehead atoms. The lowest BCUT2D eigenvalue weighted by atomic mass is 10.1. The highest BCUT2D eigenvalue weighted by Crippen LogP contribution is 2.23. The number of hydrogen-bond donors (Lipinski definition) is 1. The maximum Gasteiger partial charge on any atom is 0.187 e. The van der Waals surface area contributed by atoms with Crippen molar-refractivity contribution in [1.82, 2.24) is 5.48 Å². The van der Waals surface area contributed by atoms with E-state index in [0.717, 1.165) is 13.0 Å². The molecule has 1 aromatic carbocycles. The van der Waals surface area contributed by atoms with E-state index in [1.54, 1.807) is 0 Å². The smallest absolute Gasteiger partial charge is 0.187 e. The third-order valence-electron chi connectivity index (χ3n) is 2.16. The third-order valence-corrected chi connectivity index (χ3v) is 2.16. The molecule has 1 saturated heterocycles. The minimum absolute atomic E-state index is 0.291. The molecule has 1 N–H and O–H groups in total. The molecule has 2 rings (SSSR count). The zero-order valence-electron chi connectivity index (χ0n) is 7.16. The molecule has 1 heterocycles. The Morgan fingerprint density at radius 3 is 2.69 bits per heavy atom. The summed E-state index contributed by atoms with van der Waals surface area (Å²) in [4.78, 5) is 8.39. The molecule has 3 nitrogen and oxygen atoms in total. The summed E-state index contributed by atoms with van der Waals surface area (Å²) in [5.41, 5.74) is 4.80. The Kier molecular flexibility index (Phi) is 2.26. The molecule has 0 radical (unpaired) electrons. The van der Waals surface area contributed by atoms with Crippen molar-refractivity contribution in [2.75, 3.05) is 6.61 Å². The van der Waals surface area contributed by atoms with Crippen molar-refractivity contribution in [3.8, 4) is 0 Å². The molecule has 0 unspecified atom stereocenters. The summed E-state index contributed by atoms with van der Waals surface area (Å²) in [5.74, 6) is 0. The predicted octanol–water partition coefficient (Wildman–Crippen LogP) is 2.20. The van der Waals surface area contributed by atoms with E-state index in [0.29, 0.717) is 11.7 Å². The second-order valence-corrected chi connectivity index (χ2v) is 3.01. The van der Waals surface area contributed by atoms with Crippen LogP contribution in [-0.4, -0.2) is 6.61 Å². The predicted molar refractivity (Wildman–Crippen MR) is 49.1 cm³/mol. The standard InChI is InChI=1S/C10H10N2O/c1-11-9-4-2-8(3-5-9)10-6-7-13-12-10/h2-5,10,12H,6-7H2/t10-/m0/s1. The number of benzene rings is 1. The normalized spacial score (nSPS) is 21.3. The van der Waals surface area contributed by atoms with E-state index < -0.39 is 0 Å². The zero-order valence-corrected chi connectivity index (χ0v) is 7.16. The van der Waals surface area contributed by atoms with Crippen LogP contribution in [0.2, 0.25) is 0 Å². The number of nitrogens with zero attached hydrogens (tertiary/aromatic N) is 1. The highest BCUT2D eigenvalue weighted by molar-refractivity contribution is 5.45. The van der Waals surface area contributed by atoms with Crippen LogP contribution in [0.1, 0.15) is 18.0 Å². The summed E-state index contributed by atoms with van der Waals surface area (Å²) < 4.78 is 0. The third kappa shape index (κ3) is 1.69. The maximum atomic E-state index is 6.81. The molecule has 0 saturated carbocycles. The van der Waals surface area contributed by atoms with E-state index in [-0.39, 0.29) is 0 Å². The van der Waals surface area contributed by atoms with Crippen LogP contribution in [0.25, 0.3) is 4.85 Å². The molecule has 66 valence electrons. The fourth-order valence-electron chi connectivity index (χ4n) is 1.41. The van der Waals surface area contributed by atoms with Gasteiger partial charge in [0.05, 0.1) is 19.2 Å². The van der Waals surface area contributed by atoms with Gasteiger partial charge in [0.1, 0.15) is 0 Å². The van der Waals surface area contributed by atoms with Crippen molar-refractivity contribution in [1.29, 1.82) is 0 Å². The lowest BCUT2D eigenvalue weighted by molar-refractivity contribution is 0.0883. The molecular weight excluding hydrogens is 164 g/mol. The largest absolute Gasteiger partial charge is 0.301 e. The topological polar surface area (TPSA) is 25.6 Å². The summed E-state index contributed by atoms with van der Waals surface area (Å²) in [6.45, 7) is 7.57. The first-order valence-electron chi connectivity index (χ1n) is 4.25. The molecule has 0 aromatic heterocycles. The molecule has 13 heavy (non-hydrogen) atoms. The molecule has 0 amide bonds. The van der Waals surface area contributed by atoms with Crippen LogP contribution in [0.3, 0.4) is 0 Å². The van der Waals surface area contributed by atoms with Gasteiger partial charge in [0.2, 0.25) is 0 Å². The Bertz CT molecular complexity index is 320. The first-order chi connectivity index (χ1) is 6.40. The van der Waals surface area contributed by atoms with E-state index in [1.165, 1.54) is 5.56 Å². The van der Waals surface area contributed by atoms with Gasteiger partial charge < -0.3 is 4.84 Å². The van der Waals surface area contributed by atoms with Gasteiger partial charge in [-0.3, -0.25) is 0 Å². The van der Waals surface area contributed by atoms with Crippen LogP contribution >= 0.6 is 0 Å². The first-order valence-corrected chi connectivity index (χ1v) is 4.25.